The number of furan rings is 2. The summed E-state index contributed by atoms with van der Waals surface area (Å²) in [5, 5.41) is 4.43. The van der Waals surface area contributed by atoms with Crippen LogP contribution < -0.4 is 9.80 Å². The molecule has 2 heterocycles. The lowest BCUT2D eigenvalue weighted by molar-refractivity contribution is 0.669. The smallest absolute Gasteiger partial charge is 0.143 e. The Bertz CT molecular complexity index is 7750. The fourth-order valence-corrected chi connectivity index (χ4v) is 20.4. The molecule has 0 amide bonds. The molecule has 4 heteroatoms. The molecule has 24 rings (SSSR count). The summed E-state index contributed by atoms with van der Waals surface area (Å²) < 4.78 is 13.6. The first kappa shape index (κ1) is 75.6. The molecule has 0 atom stereocenters. The van der Waals surface area contributed by atoms with Gasteiger partial charge in [0, 0.05) is 66.8 Å². The standard InChI is InChI=1S/C62H43NO.C61H41NO/c1-42-17-11-15-27-59(42)63(50-34-29-44(30-35-50)43-18-5-2-6-19-43)51-36-31-45(32-37-51)47-39-55(61-56(40-47)54-25-13-16-28-60(54)64-61)46-33-38-53-52-24-12-14-26-57(52)62(58(53)41-46,48-20-7-3-8-21-48)49-22-9-4-10-23-49;1-5-17-42(18-6-1)43-29-34-50(35-30-43)62(49-23-11-4-12-24-49)51-36-31-44(32-37-51)46-39-55(60-56(40-46)54-26-14-16-28-59(54)63-60)45-33-38-53-52-25-13-15-27-57(52)61(58(53)41-45,47-19-7-2-8-20-47)48-21-9-3-10-22-48/h2-41H,1H3;1-41H. The Kier molecular flexibility index (Phi) is 18.9. The fourth-order valence-electron chi connectivity index (χ4n) is 20.4. The molecule has 0 fully saturated rings. The van der Waals surface area contributed by atoms with Crippen molar-refractivity contribution in [3.8, 4) is 89.0 Å². The maximum absolute atomic E-state index is 6.82. The highest BCUT2D eigenvalue weighted by Gasteiger charge is 2.48. The third-order valence-electron chi connectivity index (χ3n) is 26.2. The molecular weight excluding hydrogens is 1540 g/mol. The molecule has 0 N–H and O–H groups in total. The maximum Gasteiger partial charge on any atom is 0.143 e. The van der Waals surface area contributed by atoms with E-state index in [1.165, 1.54) is 94.6 Å². The average molecular weight is 1620 g/mol. The number of anilines is 6. The van der Waals surface area contributed by atoms with Crippen molar-refractivity contribution in [2.24, 2.45) is 0 Å². The molecule has 0 bridgehead atoms. The van der Waals surface area contributed by atoms with Crippen LogP contribution >= 0.6 is 0 Å². The Morgan fingerprint density at radius 3 is 0.850 bits per heavy atom. The average Bonchev–Trinajstić information content (AvgIpc) is 1.54. The van der Waals surface area contributed by atoms with E-state index in [-0.39, 0.29) is 0 Å². The van der Waals surface area contributed by atoms with Crippen molar-refractivity contribution in [1.82, 2.24) is 0 Å². The summed E-state index contributed by atoms with van der Waals surface area (Å²) in [7, 11) is 0. The van der Waals surface area contributed by atoms with Gasteiger partial charge in [-0.05, 0) is 250 Å². The molecule has 0 spiro atoms. The highest BCUT2D eigenvalue weighted by Crippen LogP contribution is 2.60. The molecule has 4 nitrogen and oxygen atoms in total. The van der Waals surface area contributed by atoms with E-state index in [1.54, 1.807) is 0 Å². The second-order valence-corrected chi connectivity index (χ2v) is 33.3. The first-order valence-corrected chi connectivity index (χ1v) is 43.7. The summed E-state index contributed by atoms with van der Waals surface area (Å²) in [6.07, 6.45) is 0. The van der Waals surface area contributed by atoms with Gasteiger partial charge >= 0.3 is 0 Å². The molecule has 2 aliphatic rings. The van der Waals surface area contributed by atoms with Gasteiger partial charge < -0.3 is 18.6 Å². The lowest BCUT2D eigenvalue weighted by Crippen LogP contribution is -2.28. The van der Waals surface area contributed by atoms with Crippen LogP contribution in [0.2, 0.25) is 0 Å². The molecule has 0 saturated carbocycles. The van der Waals surface area contributed by atoms with Gasteiger partial charge in [0.1, 0.15) is 22.3 Å². The van der Waals surface area contributed by atoms with Crippen LogP contribution in [-0.4, -0.2) is 0 Å². The van der Waals surface area contributed by atoms with Gasteiger partial charge in [-0.25, -0.2) is 0 Å². The second kappa shape index (κ2) is 31.8. The SMILES string of the molecule is Cc1ccccc1N(c1ccc(-c2ccccc2)cc1)c1ccc(-c2cc(-c3ccc4c(c3)C(c3ccccc3)(c3ccccc3)c3ccccc3-4)c3oc4ccccc4c3c2)cc1.c1ccc(-c2ccc(N(c3ccccc3)c3ccc(-c4cc(-c5ccc6c(c5)C(c5ccccc5)(c5ccccc5)c5ccccc5-6)c5oc6ccccc6c5c4)cc3)cc2)cc1. The van der Waals surface area contributed by atoms with Crippen LogP contribution in [0.4, 0.5) is 34.1 Å². The van der Waals surface area contributed by atoms with Crippen LogP contribution in [0, 0.1) is 6.92 Å². The first-order chi connectivity index (χ1) is 62.9. The number of hydrogen-bond donors (Lipinski definition) is 0. The Balaban J connectivity index is 0.000000146. The normalized spacial score (nSPS) is 12.6. The fraction of sp³-hybridized carbons (Fsp3) is 0.0244. The molecule has 0 aliphatic heterocycles. The van der Waals surface area contributed by atoms with Gasteiger partial charge in [0.2, 0.25) is 0 Å². The number of para-hydroxylation sites is 4. The van der Waals surface area contributed by atoms with Crippen LogP contribution in [-0.2, 0) is 10.8 Å². The van der Waals surface area contributed by atoms with Gasteiger partial charge in [0.05, 0.1) is 10.8 Å². The van der Waals surface area contributed by atoms with E-state index in [9.17, 15) is 0 Å². The molecule has 127 heavy (non-hydrogen) atoms. The largest absolute Gasteiger partial charge is 0.455 e. The summed E-state index contributed by atoms with van der Waals surface area (Å²) in [6.45, 7) is 2.18. The molecular formula is C123H84N2O2. The number of fused-ring (bicyclic) bond motifs is 12. The molecule has 2 aromatic heterocycles. The Hall–Kier alpha value is -16.4. The number of benzene rings is 20. The quantitative estimate of drug-likeness (QED) is 0.0965. The molecule has 2 aliphatic carbocycles. The molecule has 20 aromatic carbocycles. The summed E-state index contributed by atoms with van der Waals surface area (Å²) in [5.74, 6) is 0. The lowest BCUT2D eigenvalue weighted by atomic mass is 9.67. The number of hydrogen-bond acceptors (Lipinski definition) is 4. The van der Waals surface area contributed by atoms with E-state index in [2.05, 4.69) is 508 Å². The first-order valence-electron chi connectivity index (χ1n) is 43.7. The zero-order chi connectivity index (χ0) is 84.4. The van der Waals surface area contributed by atoms with E-state index >= 15 is 0 Å². The molecule has 22 aromatic rings. The van der Waals surface area contributed by atoms with Crippen molar-refractivity contribution >= 4 is 78.0 Å². The number of aryl methyl sites for hydroxylation is 1. The van der Waals surface area contributed by atoms with Gasteiger partial charge in [-0.3, -0.25) is 0 Å². The summed E-state index contributed by atoms with van der Waals surface area (Å²) >= 11 is 0. The third-order valence-corrected chi connectivity index (χ3v) is 26.2. The number of rotatable bonds is 16. The van der Waals surface area contributed by atoms with Crippen molar-refractivity contribution in [2.45, 2.75) is 17.8 Å². The van der Waals surface area contributed by atoms with Gasteiger partial charge in [-0.15, -0.1) is 0 Å². The lowest BCUT2D eigenvalue weighted by Gasteiger charge is -2.34. The van der Waals surface area contributed by atoms with Crippen LogP contribution in [0.3, 0.4) is 0 Å². The van der Waals surface area contributed by atoms with Crippen LogP contribution in [0.15, 0.2) is 500 Å². The van der Waals surface area contributed by atoms with Gasteiger partial charge in [0.15, 0.2) is 0 Å². The van der Waals surface area contributed by atoms with Crippen LogP contribution in [0.1, 0.15) is 50.1 Å². The predicted octanol–water partition coefficient (Wildman–Crippen LogP) is 33.1. The van der Waals surface area contributed by atoms with Gasteiger partial charge in [0.25, 0.3) is 0 Å². The van der Waals surface area contributed by atoms with Crippen molar-refractivity contribution in [3.05, 3.63) is 541 Å². The Morgan fingerprint density at radius 1 is 0.181 bits per heavy atom. The summed E-state index contributed by atoms with van der Waals surface area (Å²) in [4.78, 5) is 4.69. The van der Waals surface area contributed by atoms with Crippen molar-refractivity contribution in [2.75, 3.05) is 9.80 Å². The third kappa shape index (κ3) is 13.0. The molecule has 598 valence electrons. The highest BCUT2D eigenvalue weighted by atomic mass is 16.3. The Morgan fingerprint density at radius 2 is 0.465 bits per heavy atom. The van der Waals surface area contributed by atoms with Crippen molar-refractivity contribution < 1.29 is 8.83 Å². The monoisotopic (exact) mass is 1620 g/mol. The van der Waals surface area contributed by atoms with Crippen molar-refractivity contribution in [3.63, 3.8) is 0 Å². The van der Waals surface area contributed by atoms with E-state index < -0.39 is 10.8 Å². The van der Waals surface area contributed by atoms with E-state index in [1.807, 2.05) is 0 Å². The van der Waals surface area contributed by atoms with Gasteiger partial charge in [-0.2, -0.15) is 0 Å². The number of nitrogens with zero attached hydrogens (tertiary/aromatic N) is 2. The van der Waals surface area contributed by atoms with Crippen molar-refractivity contribution in [1.29, 1.82) is 0 Å². The summed E-state index contributed by atoms with van der Waals surface area (Å²) in [5.41, 5.74) is 39.3. The second-order valence-electron chi connectivity index (χ2n) is 33.3. The minimum Gasteiger partial charge on any atom is -0.455 e. The topological polar surface area (TPSA) is 32.8 Å². The summed E-state index contributed by atoms with van der Waals surface area (Å²) in [6, 6.07) is 178. The van der Waals surface area contributed by atoms with Gasteiger partial charge in [-0.1, -0.05) is 376 Å². The maximum atomic E-state index is 6.82. The minimum absolute atomic E-state index is 0.503. The predicted molar refractivity (Wildman–Crippen MR) is 529 cm³/mol. The van der Waals surface area contributed by atoms with Crippen LogP contribution in [0.5, 0.6) is 0 Å². The van der Waals surface area contributed by atoms with E-state index in [0.717, 1.165) is 123 Å². The Labute approximate surface area is 739 Å². The minimum atomic E-state index is -0.504. The van der Waals surface area contributed by atoms with E-state index in [0.29, 0.717) is 0 Å². The molecule has 0 saturated heterocycles. The molecule has 0 radical (unpaired) electrons. The zero-order valence-corrected chi connectivity index (χ0v) is 70.0. The zero-order valence-electron chi connectivity index (χ0n) is 70.0. The van der Waals surface area contributed by atoms with E-state index in [4.69, 9.17) is 8.83 Å². The highest BCUT2D eigenvalue weighted by molar-refractivity contribution is 6.13. The van der Waals surface area contributed by atoms with Crippen LogP contribution in [0.25, 0.3) is 133 Å². The molecule has 0 unspecified atom stereocenters.